The topological polar surface area (TPSA) is 109 Å². The number of aromatic carboxylic acids is 2. The molecule has 2 heterocycles. The Morgan fingerprint density at radius 2 is 1.39 bits per heavy atom. The van der Waals surface area contributed by atoms with E-state index in [1.165, 1.54) is 79.8 Å². The van der Waals surface area contributed by atoms with Crippen LogP contribution >= 0.6 is 11.8 Å². The number of hydrogen-bond acceptors (Lipinski definition) is 7. The molecule has 0 aliphatic carbocycles. The minimum Gasteiger partial charge on any atom is -0.494 e. The Kier molecular flexibility index (Phi) is 18.8. The van der Waals surface area contributed by atoms with Crippen molar-refractivity contribution >= 4 is 29.4 Å². The summed E-state index contributed by atoms with van der Waals surface area (Å²) in [5, 5.41) is 17.9. The Morgan fingerprint density at radius 3 is 1.92 bits per heavy atom. The zero-order chi connectivity index (χ0) is 36.1. The molecule has 2 N–H and O–H groups in total. The Balaban J connectivity index is 0.000000326. The maximum absolute atomic E-state index is 11.0. The fourth-order valence-electron chi connectivity index (χ4n) is 5.59. The number of unbranched alkanes of at least 4 members (excludes halogenated alkanes) is 4. The summed E-state index contributed by atoms with van der Waals surface area (Å²) in [6.07, 6.45) is 21.4. The number of aromatic nitrogens is 1. The second-order valence-electron chi connectivity index (χ2n) is 12.4. The third-order valence-electron chi connectivity index (χ3n) is 8.45. The van der Waals surface area contributed by atoms with Crippen LogP contribution in [0.4, 0.5) is 5.69 Å². The highest BCUT2D eigenvalue weighted by atomic mass is 32.2. The zero-order valence-electron chi connectivity index (χ0n) is 29.7. The van der Waals surface area contributed by atoms with Gasteiger partial charge in [0.2, 0.25) is 0 Å². The Morgan fingerprint density at radius 1 is 0.816 bits per heavy atom. The average Bonchev–Trinajstić information content (AvgIpc) is 3.30. The quantitative estimate of drug-likeness (QED) is 0.106. The molecule has 0 atom stereocenters. The van der Waals surface area contributed by atoms with Crippen LogP contribution in [0.3, 0.4) is 0 Å². The van der Waals surface area contributed by atoms with Gasteiger partial charge in [-0.1, -0.05) is 57.7 Å². The molecule has 0 fully saturated rings. The number of fused-ring (bicyclic) bond motifs is 1. The van der Waals surface area contributed by atoms with E-state index in [0.717, 1.165) is 25.0 Å². The van der Waals surface area contributed by atoms with Crippen molar-refractivity contribution in [1.29, 1.82) is 0 Å². The molecule has 8 nitrogen and oxygen atoms in total. The summed E-state index contributed by atoms with van der Waals surface area (Å²) in [5.74, 6) is -0.262. The van der Waals surface area contributed by atoms with Crippen LogP contribution in [0.5, 0.6) is 11.5 Å². The van der Waals surface area contributed by atoms with Crippen molar-refractivity contribution in [3.8, 4) is 24.3 Å². The number of carboxylic acid groups (broad SMARTS) is 2. The maximum Gasteiger partial charge on any atom is 0.354 e. The molecule has 1 aromatic heterocycles. The van der Waals surface area contributed by atoms with Gasteiger partial charge >= 0.3 is 11.9 Å². The summed E-state index contributed by atoms with van der Waals surface area (Å²) in [6.45, 7) is 5.62. The number of aryl methyl sites for hydroxylation is 1. The molecule has 0 radical (unpaired) electrons. The number of hydrogen-bond donors (Lipinski definition) is 2. The molecule has 1 aliphatic heterocycles. The van der Waals surface area contributed by atoms with E-state index in [2.05, 4.69) is 80.6 Å². The van der Waals surface area contributed by atoms with E-state index in [9.17, 15) is 9.59 Å². The minimum absolute atomic E-state index is 0.185. The molecule has 49 heavy (non-hydrogen) atoms. The summed E-state index contributed by atoms with van der Waals surface area (Å²) in [7, 11) is 4.27. The van der Waals surface area contributed by atoms with E-state index >= 15 is 0 Å². The van der Waals surface area contributed by atoms with Gasteiger partial charge in [-0.25, -0.2) is 14.6 Å². The lowest BCUT2D eigenvalue weighted by Crippen LogP contribution is -2.24. The minimum atomic E-state index is -1.30. The number of ether oxygens (including phenoxy) is 2. The molecule has 9 heteroatoms. The first-order valence-electron chi connectivity index (χ1n) is 17.2. The largest absolute Gasteiger partial charge is 0.494 e. The van der Waals surface area contributed by atoms with Crippen LogP contribution in [-0.2, 0) is 6.42 Å². The van der Waals surface area contributed by atoms with Crippen molar-refractivity contribution in [1.82, 2.24) is 4.98 Å². The van der Waals surface area contributed by atoms with Gasteiger partial charge in [0.05, 0.1) is 13.2 Å². The van der Waals surface area contributed by atoms with E-state index in [1.807, 2.05) is 30.3 Å². The molecular formula is C40H54N2O6S. The first-order valence-corrected chi connectivity index (χ1v) is 18.2. The number of anilines is 1. The fraction of sp³-hybridized carbons (Fsp3) is 0.475. The third-order valence-corrected chi connectivity index (χ3v) is 9.91. The highest BCUT2D eigenvalue weighted by Crippen LogP contribution is 2.45. The van der Waals surface area contributed by atoms with Crippen LogP contribution in [0.2, 0.25) is 0 Å². The number of para-hydroxylation sites is 1. The molecule has 0 spiro atoms. The number of carboxylic acids is 2. The van der Waals surface area contributed by atoms with Crippen LogP contribution in [0.15, 0.2) is 65.6 Å². The van der Waals surface area contributed by atoms with E-state index in [0.29, 0.717) is 18.6 Å². The zero-order valence-corrected chi connectivity index (χ0v) is 30.5. The van der Waals surface area contributed by atoms with Gasteiger partial charge in [0, 0.05) is 42.6 Å². The summed E-state index contributed by atoms with van der Waals surface area (Å²) < 4.78 is 11.0. The van der Waals surface area contributed by atoms with Crippen molar-refractivity contribution in [2.45, 2.75) is 89.4 Å². The normalized spacial score (nSPS) is 12.9. The maximum atomic E-state index is 11.0. The monoisotopic (exact) mass is 690 g/mol. The van der Waals surface area contributed by atoms with E-state index in [1.54, 1.807) is 5.56 Å². The molecule has 0 saturated carbocycles. The predicted octanol–water partition coefficient (Wildman–Crippen LogP) is 9.51. The van der Waals surface area contributed by atoms with E-state index in [4.69, 9.17) is 19.7 Å². The molecule has 4 rings (SSSR count). The second kappa shape index (κ2) is 22.5. The van der Waals surface area contributed by atoms with E-state index < -0.39 is 11.9 Å². The number of terminal acetylenes is 1. The van der Waals surface area contributed by atoms with Crippen molar-refractivity contribution in [3.05, 3.63) is 77.6 Å². The highest BCUT2D eigenvalue weighted by molar-refractivity contribution is 7.99. The lowest BCUT2D eigenvalue weighted by atomic mass is 9.75. The van der Waals surface area contributed by atoms with Crippen LogP contribution < -0.4 is 14.4 Å². The van der Waals surface area contributed by atoms with Gasteiger partial charge in [0.1, 0.15) is 11.5 Å². The molecule has 3 aromatic rings. The van der Waals surface area contributed by atoms with Gasteiger partial charge < -0.3 is 24.6 Å². The SMILES string of the molecule is C#C.CCCCC1(CCCC)CCc2cc(N(C)C)ccc2SC1.O=C(O)c1cc(OCCCCCOc2ccccc2)cc(C(=O)O)n1. The molecule has 0 bridgehead atoms. The van der Waals surface area contributed by atoms with Crippen LogP contribution in [0.25, 0.3) is 0 Å². The average molecular weight is 691 g/mol. The third kappa shape index (κ3) is 14.5. The first kappa shape index (κ1) is 41.0. The Bertz CT molecular complexity index is 1400. The van der Waals surface area contributed by atoms with Crippen molar-refractivity contribution in [2.24, 2.45) is 5.41 Å². The van der Waals surface area contributed by atoms with Gasteiger partial charge in [-0.15, -0.1) is 24.6 Å². The van der Waals surface area contributed by atoms with Crippen LogP contribution in [0.1, 0.15) is 105 Å². The number of rotatable bonds is 17. The fourth-order valence-corrected chi connectivity index (χ4v) is 7.00. The number of nitrogens with zero attached hydrogens (tertiary/aromatic N) is 2. The molecule has 0 saturated heterocycles. The summed E-state index contributed by atoms with van der Waals surface area (Å²) in [5.41, 5.74) is 2.78. The lowest BCUT2D eigenvalue weighted by molar-refractivity contribution is 0.0683. The molecule has 2 aromatic carbocycles. The van der Waals surface area contributed by atoms with Gasteiger partial charge in [-0.2, -0.15) is 0 Å². The van der Waals surface area contributed by atoms with Crippen molar-refractivity contribution < 1.29 is 29.3 Å². The number of thioether (sulfide) groups is 1. The van der Waals surface area contributed by atoms with Crippen molar-refractivity contribution in [3.63, 3.8) is 0 Å². The second-order valence-corrected chi connectivity index (χ2v) is 13.5. The first-order chi connectivity index (χ1) is 23.7. The summed E-state index contributed by atoms with van der Waals surface area (Å²) in [6, 6.07) is 19.0. The summed E-state index contributed by atoms with van der Waals surface area (Å²) in [4.78, 5) is 29.2. The lowest BCUT2D eigenvalue weighted by Gasteiger charge is -2.32. The Labute approximate surface area is 297 Å². The smallest absolute Gasteiger partial charge is 0.354 e. The van der Waals surface area contributed by atoms with Gasteiger partial charge in [0.25, 0.3) is 0 Å². The molecule has 0 unspecified atom stereocenters. The van der Waals surface area contributed by atoms with Gasteiger partial charge in [-0.05, 0) is 86.3 Å². The standard InChI is InChI=1S/C20H33NS.C18H19NO6.C2H2/c1-5-7-12-20(13-8-6-2)14-11-17-15-18(21(3)4)9-10-19(17)22-16-20;20-17(21)15-11-14(12-16(19-15)18(22)23)25-10-6-2-5-9-24-13-7-3-1-4-8-13;1-2/h9-10,15H,5-8,11-14,16H2,1-4H3;1,3-4,7-8,11-12H,2,5-6,9-10H2,(H,20,21)(H,22,23);1-2H. The number of pyridine rings is 1. The van der Waals surface area contributed by atoms with Gasteiger partial charge in [0.15, 0.2) is 11.4 Å². The van der Waals surface area contributed by atoms with Gasteiger partial charge in [-0.3, -0.25) is 0 Å². The highest BCUT2D eigenvalue weighted by Gasteiger charge is 2.31. The molecule has 0 amide bonds. The molecule has 1 aliphatic rings. The summed E-state index contributed by atoms with van der Waals surface area (Å²) >= 11 is 2.12. The Hall–Kier alpha value is -4.16. The molecular weight excluding hydrogens is 637 g/mol. The van der Waals surface area contributed by atoms with E-state index in [-0.39, 0.29) is 17.1 Å². The number of carbonyl (C=O) groups is 2. The predicted molar refractivity (Wildman–Crippen MR) is 201 cm³/mol. The van der Waals surface area contributed by atoms with Crippen LogP contribution in [-0.4, -0.2) is 60.2 Å². The number of benzene rings is 2. The molecule has 266 valence electrons. The van der Waals surface area contributed by atoms with Crippen molar-refractivity contribution in [2.75, 3.05) is 38.0 Å². The van der Waals surface area contributed by atoms with Crippen LogP contribution in [0, 0.1) is 18.3 Å².